The predicted octanol–water partition coefficient (Wildman–Crippen LogP) is 2.59. The lowest BCUT2D eigenvalue weighted by Crippen LogP contribution is -2.35. The molecule has 144 valence electrons. The third-order valence-corrected chi connectivity index (χ3v) is 5.76. The Bertz CT molecular complexity index is 973. The van der Waals surface area contributed by atoms with Gasteiger partial charge in [-0.1, -0.05) is 6.07 Å². The van der Waals surface area contributed by atoms with Crippen molar-refractivity contribution in [2.45, 2.75) is 24.3 Å². The molecule has 0 radical (unpaired) electrons. The molecule has 1 saturated heterocycles. The lowest BCUT2D eigenvalue weighted by molar-refractivity contribution is 0.102. The van der Waals surface area contributed by atoms with Gasteiger partial charge >= 0.3 is 0 Å². The van der Waals surface area contributed by atoms with Crippen molar-refractivity contribution in [2.24, 2.45) is 0 Å². The van der Waals surface area contributed by atoms with Crippen molar-refractivity contribution in [3.05, 3.63) is 59.2 Å². The van der Waals surface area contributed by atoms with Gasteiger partial charge in [-0.25, -0.2) is 21.9 Å². The summed E-state index contributed by atoms with van der Waals surface area (Å²) >= 11 is 0. The lowest BCUT2D eigenvalue weighted by atomic mass is 10.1. The van der Waals surface area contributed by atoms with E-state index in [9.17, 15) is 22.0 Å². The molecule has 1 fully saturated rings. The van der Waals surface area contributed by atoms with Crippen molar-refractivity contribution < 1.29 is 26.7 Å². The number of anilines is 1. The van der Waals surface area contributed by atoms with Crippen molar-refractivity contribution in [2.75, 3.05) is 18.5 Å². The van der Waals surface area contributed by atoms with E-state index in [-0.39, 0.29) is 27.8 Å². The largest absolute Gasteiger partial charge is 0.380 e. The molecular formula is C18H18F2N2O4S. The second-order valence-electron chi connectivity index (χ2n) is 6.20. The Hall–Kier alpha value is -2.36. The SMILES string of the molecule is Cc1c(NC(=O)c2cccc(S(=O)(=O)N[C@H]3CCOC3)c2)ccc(F)c1F. The van der Waals surface area contributed by atoms with Crippen LogP contribution in [0.5, 0.6) is 0 Å². The van der Waals surface area contributed by atoms with Gasteiger partial charge in [-0.2, -0.15) is 0 Å². The molecule has 0 saturated carbocycles. The minimum atomic E-state index is -3.81. The molecule has 0 bridgehead atoms. The maximum Gasteiger partial charge on any atom is 0.255 e. The van der Waals surface area contributed by atoms with Crippen LogP contribution >= 0.6 is 0 Å². The number of halogens is 2. The van der Waals surface area contributed by atoms with Crippen molar-refractivity contribution in [3.8, 4) is 0 Å². The van der Waals surface area contributed by atoms with Crippen LogP contribution in [0.25, 0.3) is 0 Å². The van der Waals surface area contributed by atoms with Crippen molar-refractivity contribution in [1.82, 2.24) is 4.72 Å². The molecule has 27 heavy (non-hydrogen) atoms. The number of carbonyl (C=O) groups is 1. The lowest BCUT2D eigenvalue weighted by Gasteiger charge is -2.13. The van der Waals surface area contributed by atoms with Crippen LogP contribution in [0.4, 0.5) is 14.5 Å². The molecule has 0 aliphatic carbocycles. The number of sulfonamides is 1. The normalized spacial score (nSPS) is 17.1. The molecule has 0 spiro atoms. The van der Waals surface area contributed by atoms with Gasteiger partial charge < -0.3 is 10.1 Å². The molecule has 2 aromatic rings. The predicted molar refractivity (Wildman–Crippen MR) is 95.0 cm³/mol. The van der Waals surface area contributed by atoms with E-state index >= 15 is 0 Å². The van der Waals surface area contributed by atoms with Crippen LogP contribution in [0.3, 0.4) is 0 Å². The summed E-state index contributed by atoms with van der Waals surface area (Å²) in [6, 6.07) is 7.31. The molecule has 1 amide bonds. The van der Waals surface area contributed by atoms with E-state index in [0.29, 0.717) is 19.6 Å². The number of hydrogen-bond donors (Lipinski definition) is 2. The van der Waals surface area contributed by atoms with Crippen LogP contribution in [0.2, 0.25) is 0 Å². The van der Waals surface area contributed by atoms with E-state index in [1.807, 2.05) is 0 Å². The van der Waals surface area contributed by atoms with Crippen LogP contribution in [0.1, 0.15) is 22.3 Å². The third-order valence-electron chi connectivity index (χ3n) is 4.25. The number of benzene rings is 2. The first-order chi connectivity index (χ1) is 12.8. The first-order valence-electron chi connectivity index (χ1n) is 8.24. The summed E-state index contributed by atoms with van der Waals surface area (Å²) < 4.78 is 59.5. The molecule has 2 N–H and O–H groups in total. The van der Waals surface area contributed by atoms with Crippen LogP contribution in [0.15, 0.2) is 41.3 Å². The quantitative estimate of drug-likeness (QED) is 0.814. The molecule has 0 unspecified atom stereocenters. The fourth-order valence-corrected chi connectivity index (χ4v) is 4.00. The zero-order valence-corrected chi connectivity index (χ0v) is 15.3. The van der Waals surface area contributed by atoms with Crippen LogP contribution in [-0.2, 0) is 14.8 Å². The fraction of sp³-hybridized carbons (Fsp3) is 0.278. The first kappa shape index (κ1) is 19.4. The van der Waals surface area contributed by atoms with Gasteiger partial charge in [0.25, 0.3) is 5.91 Å². The molecule has 0 aromatic heterocycles. The Morgan fingerprint density at radius 2 is 2.00 bits per heavy atom. The highest BCUT2D eigenvalue weighted by atomic mass is 32.2. The number of carbonyl (C=O) groups excluding carboxylic acids is 1. The maximum atomic E-state index is 13.6. The minimum absolute atomic E-state index is 0.0463. The monoisotopic (exact) mass is 396 g/mol. The first-order valence-corrected chi connectivity index (χ1v) is 9.72. The Kier molecular flexibility index (Phi) is 5.54. The van der Waals surface area contributed by atoms with Gasteiger partial charge in [-0.3, -0.25) is 4.79 Å². The summed E-state index contributed by atoms with van der Waals surface area (Å²) in [7, 11) is -3.81. The number of hydrogen-bond acceptors (Lipinski definition) is 4. The molecule has 6 nitrogen and oxygen atoms in total. The summed E-state index contributed by atoms with van der Waals surface area (Å²) in [6.07, 6.45) is 0.578. The Balaban J connectivity index is 1.80. The zero-order valence-electron chi connectivity index (χ0n) is 14.5. The standard InChI is InChI=1S/C18H18F2N2O4S/c1-11-16(6-5-15(19)17(11)20)21-18(23)12-3-2-4-14(9-12)27(24,25)22-13-7-8-26-10-13/h2-6,9,13,22H,7-8,10H2,1H3,(H,21,23)/t13-/m0/s1. The van der Waals surface area contributed by atoms with E-state index in [1.165, 1.54) is 37.3 Å². The van der Waals surface area contributed by atoms with Gasteiger partial charge in [0.05, 0.1) is 11.5 Å². The smallest absolute Gasteiger partial charge is 0.255 e. The summed E-state index contributed by atoms with van der Waals surface area (Å²) in [5.41, 5.74) is 0.132. The van der Waals surface area contributed by atoms with Gasteiger partial charge in [0, 0.05) is 29.5 Å². The van der Waals surface area contributed by atoms with Gasteiger partial charge in [-0.05, 0) is 43.7 Å². The third kappa shape index (κ3) is 4.32. The van der Waals surface area contributed by atoms with Crippen molar-refractivity contribution >= 4 is 21.6 Å². The van der Waals surface area contributed by atoms with Crippen molar-refractivity contribution in [3.63, 3.8) is 0 Å². The number of nitrogens with one attached hydrogen (secondary N) is 2. The summed E-state index contributed by atoms with van der Waals surface area (Å²) in [4.78, 5) is 12.4. The average molecular weight is 396 g/mol. The molecular weight excluding hydrogens is 378 g/mol. The summed E-state index contributed by atoms with van der Waals surface area (Å²) in [5.74, 6) is -2.70. The highest BCUT2D eigenvalue weighted by Gasteiger charge is 2.24. The molecule has 1 atom stereocenters. The van der Waals surface area contributed by atoms with Gasteiger partial charge in [0.15, 0.2) is 11.6 Å². The van der Waals surface area contributed by atoms with Gasteiger partial charge in [0.2, 0.25) is 10.0 Å². The highest BCUT2D eigenvalue weighted by molar-refractivity contribution is 7.89. The molecule has 1 aliphatic rings. The Morgan fingerprint density at radius 1 is 1.22 bits per heavy atom. The van der Waals surface area contributed by atoms with Crippen LogP contribution in [0, 0.1) is 18.6 Å². The number of amides is 1. The molecule has 3 rings (SSSR count). The van der Waals surface area contributed by atoms with Crippen LogP contribution < -0.4 is 10.0 Å². The maximum absolute atomic E-state index is 13.6. The van der Waals surface area contributed by atoms with E-state index < -0.39 is 27.6 Å². The van der Waals surface area contributed by atoms with E-state index in [4.69, 9.17) is 4.74 Å². The van der Waals surface area contributed by atoms with E-state index in [1.54, 1.807) is 0 Å². The topological polar surface area (TPSA) is 84.5 Å². The average Bonchev–Trinajstić information content (AvgIpc) is 3.14. The van der Waals surface area contributed by atoms with E-state index in [0.717, 1.165) is 6.07 Å². The second-order valence-corrected chi connectivity index (χ2v) is 7.91. The fourth-order valence-electron chi connectivity index (χ4n) is 2.70. The Labute approximate surface area is 155 Å². The van der Waals surface area contributed by atoms with Gasteiger partial charge in [-0.15, -0.1) is 0 Å². The summed E-state index contributed by atoms with van der Waals surface area (Å²) in [6.45, 7) is 2.13. The second kappa shape index (κ2) is 7.71. The van der Waals surface area contributed by atoms with Gasteiger partial charge in [0.1, 0.15) is 0 Å². The Morgan fingerprint density at radius 3 is 2.70 bits per heavy atom. The summed E-state index contributed by atoms with van der Waals surface area (Å²) in [5, 5.41) is 2.47. The highest BCUT2D eigenvalue weighted by Crippen LogP contribution is 2.22. The molecule has 2 aromatic carbocycles. The number of rotatable bonds is 5. The minimum Gasteiger partial charge on any atom is -0.380 e. The molecule has 1 heterocycles. The molecule has 9 heteroatoms. The molecule has 1 aliphatic heterocycles. The van der Waals surface area contributed by atoms with Crippen LogP contribution in [-0.4, -0.2) is 33.6 Å². The van der Waals surface area contributed by atoms with Crippen molar-refractivity contribution in [1.29, 1.82) is 0 Å². The van der Waals surface area contributed by atoms with E-state index in [2.05, 4.69) is 10.0 Å². The number of ether oxygens (including phenoxy) is 1. The zero-order chi connectivity index (χ0) is 19.6.